The van der Waals surface area contributed by atoms with Crippen LogP contribution in [-0.4, -0.2) is 28.7 Å². The van der Waals surface area contributed by atoms with Gasteiger partial charge in [-0.1, -0.05) is 0 Å². The van der Waals surface area contributed by atoms with E-state index in [1.807, 2.05) is 17.7 Å². The second kappa shape index (κ2) is 7.00. The molecule has 2 N–H and O–H groups in total. The van der Waals surface area contributed by atoms with E-state index in [4.69, 9.17) is 10.5 Å². The SMILES string of the molecule is CCOC(=O)CCCn1cncc1CCN. The van der Waals surface area contributed by atoms with E-state index in [1.165, 1.54) is 0 Å². The van der Waals surface area contributed by atoms with Crippen molar-refractivity contribution in [1.29, 1.82) is 0 Å². The summed E-state index contributed by atoms with van der Waals surface area (Å²) < 4.78 is 6.89. The molecule has 0 aliphatic rings. The van der Waals surface area contributed by atoms with Crippen LogP contribution < -0.4 is 5.73 Å². The summed E-state index contributed by atoms with van der Waals surface area (Å²) in [7, 11) is 0. The summed E-state index contributed by atoms with van der Waals surface area (Å²) in [6.07, 6.45) is 5.63. The van der Waals surface area contributed by atoms with Gasteiger partial charge in [-0.3, -0.25) is 4.79 Å². The first-order valence-electron chi connectivity index (χ1n) is 5.62. The molecule has 5 heteroatoms. The Morgan fingerprint density at radius 1 is 1.62 bits per heavy atom. The lowest BCUT2D eigenvalue weighted by molar-refractivity contribution is -0.143. The molecule has 0 unspecified atom stereocenters. The predicted molar refractivity (Wildman–Crippen MR) is 60.9 cm³/mol. The second-order valence-electron chi connectivity index (χ2n) is 3.53. The Morgan fingerprint density at radius 3 is 3.12 bits per heavy atom. The molecule has 1 aromatic rings. The number of esters is 1. The second-order valence-corrected chi connectivity index (χ2v) is 3.53. The van der Waals surface area contributed by atoms with E-state index >= 15 is 0 Å². The summed E-state index contributed by atoms with van der Waals surface area (Å²) in [5.74, 6) is -0.136. The zero-order valence-corrected chi connectivity index (χ0v) is 9.69. The van der Waals surface area contributed by atoms with Gasteiger partial charge in [0.05, 0.1) is 12.9 Å². The molecule has 0 spiro atoms. The summed E-state index contributed by atoms with van der Waals surface area (Å²) >= 11 is 0. The molecule has 0 aromatic carbocycles. The van der Waals surface area contributed by atoms with E-state index in [0.717, 1.165) is 25.1 Å². The molecule has 1 aromatic heterocycles. The van der Waals surface area contributed by atoms with Crippen molar-refractivity contribution in [2.75, 3.05) is 13.2 Å². The summed E-state index contributed by atoms with van der Waals surface area (Å²) in [5, 5.41) is 0. The van der Waals surface area contributed by atoms with Gasteiger partial charge in [-0.05, 0) is 19.9 Å². The molecule has 90 valence electrons. The molecule has 0 aliphatic heterocycles. The molecule has 0 saturated heterocycles. The lowest BCUT2D eigenvalue weighted by Crippen LogP contribution is -2.10. The number of carbonyl (C=O) groups is 1. The van der Waals surface area contributed by atoms with Crippen LogP contribution in [0.4, 0.5) is 0 Å². The Hall–Kier alpha value is -1.36. The minimum Gasteiger partial charge on any atom is -0.466 e. The molecule has 0 fully saturated rings. The first-order valence-corrected chi connectivity index (χ1v) is 5.62. The van der Waals surface area contributed by atoms with Crippen LogP contribution in [0.5, 0.6) is 0 Å². The van der Waals surface area contributed by atoms with Crippen LogP contribution in [0.25, 0.3) is 0 Å². The Bertz CT molecular complexity index is 323. The zero-order chi connectivity index (χ0) is 11.8. The monoisotopic (exact) mass is 225 g/mol. The highest BCUT2D eigenvalue weighted by Crippen LogP contribution is 2.03. The van der Waals surface area contributed by atoms with Gasteiger partial charge in [0.1, 0.15) is 0 Å². The van der Waals surface area contributed by atoms with Gasteiger partial charge < -0.3 is 15.0 Å². The predicted octanol–water partition coefficient (Wildman–Crippen LogP) is 0.728. The number of hydrogen-bond donors (Lipinski definition) is 1. The van der Waals surface area contributed by atoms with Crippen LogP contribution in [0.2, 0.25) is 0 Å². The molecule has 0 atom stereocenters. The largest absolute Gasteiger partial charge is 0.466 e. The van der Waals surface area contributed by atoms with Gasteiger partial charge in [0.25, 0.3) is 0 Å². The van der Waals surface area contributed by atoms with Gasteiger partial charge in [0.2, 0.25) is 0 Å². The maximum absolute atomic E-state index is 11.1. The van der Waals surface area contributed by atoms with Crippen molar-refractivity contribution in [1.82, 2.24) is 9.55 Å². The third kappa shape index (κ3) is 4.02. The molecule has 0 saturated carbocycles. The molecule has 0 radical (unpaired) electrons. The number of nitrogens with two attached hydrogens (primary N) is 1. The summed E-state index contributed by atoms with van der Waals surface area (Å²) in [6.45, 7) is 3.66. The summed E-state index contributed by atoms with van der Waals surface area (Å²) in [4.78, 5) is 15.2. The van der Waals surface area contributed by atoms with E-state index in [0.29, 0.717) is 19.6 Å². The first kappa shape index (κ1) is 12.7. The Balaban J connectivity index is 2.31. The van der Waals surface area contributed by atoms with Crippen LogP contribution in [0.15, 0.2) is 12.5 Å². The summed E-state index contributed by atoms with van der Waals surface area (Å²) in [6, 6.07) is 0. The number of rotatable bonds is 7. The standard InChI is InChI=1S/C11H19N3O2/c1-2-16-11(15)4-3-7-14-9-13-8-10(14)5-6-12/h8-9H,2-7,12H2,1H3. The Morgan fingerprint density at radius 2 is 2.44 bits per heavy atom. The van der Waals surface area contributed by atoms with Crippen molar-refractivity contribution in [2.45, 2.75) is 32.7 Å². The van der Waals surface area contributed by atoms with E-state index in [9.17, 15) is 4.79 Å². The van der Waals surface area contributed by atoms with E-state index in [1.54, 1.807) is 6.33 Å². The van der Waals surface area contributed by atoms with Gasteiger partial charge in [-0.2, -0.15) is 0 Å². The number of aromatic nitrogens is 2. The molecular formula is C11H19N3O2. The topological polar surface area (TPSA) is 70.1 Å². The van der Waals surface area contributed by atoms with Crippen LogP contribution in [0.3, 0.4) is 0 Å². The fraction of sp³-hybridized carbons (Fsp3) is 0.636. The van der Waals surface area contributed by atoms with Gasteiger partial charge in [0, 0.05) is 31.3 Å². The van der Waals surface area contributed by atoms with Crippen LogP contribution in [0, 0.1) is 0 Å². The maximum atomic E-state index is 11.1. The van der Waals surface area contributed by atoms with Crippen LogP contribution in [0.1, 0.15) is 25.5 Å². The minimum atomic E-state index is -0.136. The molecule has 5 nitrogen and oxygen atoms in total. The molecule has 0 bridgehead atoms. The van der Waals surface area contributed by atoms with Crippen molar-refractivity contribution in [3.63, 3.8) is 0 Å². The van der Waals surface area contributed by atoms with Gasteiger partial charge in [-0.25, -0.2) is 4.98 Å². The number of hydrogen-bond acceptors (Lipinski definition) is 4. The Labute approximate surface area is 95.6 Å². The smallest absolute Gasteiger partial charge is 0.305 e. The highest BCUT2D eigenvalue weighted by atomic mass is 16.5. The third-order valence-corrected chi connectivity index (χ3v) is 2.28. The molecule has 0 aliphatic carbocycles. The van der Waals surface area contributed by atoms with Gasteiger partial charge >= 0.3 is 5.97 Å². The molecule has 1 heterocycles. The number of aryl methyl sites for hydroxylation is 1. The normalized spacial score (nSPS) is 10.4. The highest BCUT2D eigenvalue weighted by Gasteiger charge is 2.04. The molecular weight excluding hydrogens is 206 g/mol. The Kier molecular flexibility index (Phi) is 5.56. The van der Waals surface area contributed by atoms with Crippen molar-refractivity contribution in [2.24, 2.45) is 5.73 Å². The fourth-order valence-electron chi connectivity index (χ4n) is 1.53. The third-order valence-electron chi connectivity index (χ3n) is 2.28. The summed E-state index contributed by atoms with van der Waals surface area (Å²) in [5.41, 5.74) is 6.61. The lowest BCUT2D eigenvalue weighted by Gasteiger charge is -2.06. The van der Waals surface area contributed by atoms with Gasteiger partial charge in [0.15, 0.2) is 0 Å². The first-order chi connectivity index (χ1) is 7.77. The number of nitrogens with zero attached hydrogens (tertiary/aromatic N) is 2. The van der Waals surface area contributed by atoms with E-state index in [2.05, 4.69) is 4.98 Å². The maximum Gasteiger partial charge on any atom is 0.305 e. The number of ether oxygens (including phenoxy) is 1. The van der Waals surface area contributed by atoms with Crippen molar-refractivity contribution < 1.29 is 9.53 Å². The number of carbonyl (C=O) groups excluding carboxylic acids is 1. The molecule has 0 amide bonds. The van der Waals surface area contributed by atoms with Gasteiger partial charge in [-0.15, -0.1) is 0 Å². The fourth-order valence-corrected chi connectivity index (χ4v) is 1.53. The van der Waals surface area contributed by atoms with E-state index in [-0.39, 0.29) is 5.97 Å². The zero-order valence-electron chi connectivity index (χ0n) is 9.69. The molecule has 1 rings (SSSR count). The highest BCUT2D eigenvalue weighted by molar-refractivity contribution is 5.69. The minimum absolute atomic E-state index is 0.136. The van der Waals surface area contributed by atoms with Crippen molar-refractivity contribution >= 4 is 5.97 Å². The quantitative estimate of drug-likeness (QED) is 0.694. The van der Waals surface area contributed by atoms with Crippen LogP contribution >= 0.6 is 0 Å². The van der Waals surface area contributed by atoms with Crippen molar-refractivity contribution in [3.05, 3.63) is 18.2 Å². The van der Waals surface area contributed by atoms with Crippen LogP contribution in [-0.2, 0) is 22.5 Å². The molecule has 16 heavy (non-hydrogen) atoms. The van der Waals surface area contributed by atoms with Crippen molar-refractivity contribution in [3.8, 4) is 0 Å². The average Bonchev–Trinajstić information content (AvgIpc) is 2.67. The number of imidazole rings is 1. The lowest BCUT2D eigenvalue weighted by atomic mass is 10.3. The van der Waals surface area contributed by atoms with E-state index < -0.39 is 0 Å². The average molecular weight is 225 g/mol.